The number of esters is 2. The van der Waals surface area contributed by atoms with Crippen LogP contribution >= 0.6 is 0 Å². The van der Waals surface area contributed by atoms with Gasteiger partial charge < -0.3 is 19.7 Å². The Hall–Kier alpha value is -3.68. The number of carbonyl (C=O) groups is 4. The number of nitrogens with one attached hydrogen (secondary N) is 1. The zero-order chi connectivity index (χ0) is 24.1. The molecule has 2 amide bonds. The van der Waals surface area contributed by atoms with Gasteiger partial charge in [0.05, 0.1) is 17.6 Å². The topological polar surface area (TPSA) is 102 Å². The van der Waals surface area contributed by atoms with Crippen LogP contribution in [0.1, 0.15) is 41.8 Å². The van der Waals surface area contributed by atoms with Gasteiger partial charge in [0, 0.05) is 24.3 Å². The van der Waals surface area contributed by atoms with Gasteiger partial charge in [-0.15, -0.1) is 0 Å². The van der Waals surface area contributed by atoms with Crippen molar-refractivity contribution in [2.24, 2.45) is 5.92 Å². The summed E-state index contributed by atoms with van der Waals surface area (Å²) in [6.45, 7) is 7.01. The third kappa shape index (κ3) is 5.97. The number of hydrogen-bond donors (Lipinski definition) is 1. The van der Waals surface area contributed by atoms with E-state index in [4.69, 9.17) is 9.47 Å². The predicted octanol–water partition coefficient (Wildman–Crippen LogP) is 3.40. The highest BCUT2D eigenvalue weighted by Gasteiger charge is 2.36. The number of ether oxygens (including phenoxy) is 2. The molecule has 1 N–H and O–H groups in total. The average molecular weight is 453 g/mol. The van der Waals surface area contributed by atoms with Crippen LogP contribution < -0.4 is 10.2 Å². The maximum atomic E-state index is 12.5. The van der Waals surface area contributed by atoms with Crippen LogP contribution in [0.2, 0.25) is 0 Å². The molecule has 8 heteroatoms. The number of carbonyl (C=O) groups excluding carboxylic acids is 4. The van der Waals surface area contributed by atoms with E-state index in [0.29, 0.717) is 16.9 Å². The van der Waals surface area contributed by atoms with Crippen LogP contribution in [-0.2, 0) is 23.9 Å². The first kappa shape index (κ1) is 24.0. The first-order valence-electron chi connectivity index (χ1n) is 10.8. The minimum atomic E-state index is -0.670. The van der Waals surface area contributed by atoms with Crippen molar-refractivity contribution in [3.8, 4) is 0 Å². The van der Waals surface area contributed by atoms with Crippen molar-refractivity contribution in [2.75, 3.05) is 23.4 Å². The molecule has 2 aromatic rings. The number of amides is 2. The SMILES string of the molecule is Cc1cccc(C)c1NC(=O)COC(=O)[C@@H]1CC(=O)N(c2ccc(C(=O)OC(C)C)cc2)C1. The Kier molecular flexibility index (Phi) is 7.48. The molecule has 1 saturated heterocycles. The summed E-state index contributed by atoms with van der Waals surface area (Å²) in [5.41, 5.74) is 3.47. The molecule has 0 aromatic heterocycles. The van der Waals surface area contributed by atoms with Gasteiger partial charge in [0.2, 0.25) is 5.91 Å². The summed E-state index contributed by atoms with van der Waals surface area (Å²) < 4.78 is 10.3. The minimum Gasteiger partial charge on any atom is -0.459 e. The quantitative estimate of drug-likeness (QED) is 0.646. The van der Waals surface area contributed by atoms with E-state index in [1.165, 1.54) is 4.90 Å². The molecular formula is C25H28N2O6. The van der Waals surface area contributed by atoms with E-state index in [2.05, 4.69) is 5.32 Å². The Morgan fingerprint density at radius 2 is 1.70 bits per heavy atom. The van der Waals surface area contributed by atoms with Gasteiger partial charge in [-0.25, -0.2) is 4.79 Å². The number of benzene rings is 2. The largest absolute Gasteiger partial charge is 0.459 e. The molecule has 33 heavy (non-hydrogen) atoms. The first-order valence-corrected chi connectivity index (χ1v) is 10.8. The van der Waals surface area contributed by atoms with Gasteiger partial charge in [-0.3, -0.25) is 14.4 Å². The molecule has 0 aliphatic carbocycles. The second kappa shape index (κ2) is 10.3. The summed E-state index contributed by atoms with van der Waals surface area (Å²) in [4.78, 5) is 50.6. The molecule has 3 rings (SSSR count). The van der Waals surface area contributed by atoms with Crippen LogP contribution in [0.3, 0.4) is 0 Å². The first-order chi connectivity index (χ1) is 15.7. The lowest BCUT2D eigenvalue weighted by Gasteiger charge is -2.17. The van der Waals surface area contributed by atoms with E-state index in [1.54, 1.807) is 38.1 Å². The molecule has 0 spiro atoms. The fourth-order valence-electron chi connectivity index (χ4n) is 3.62. The van der Waals surface area contributed by atoms with E-state index in [1.807, 2.05) is 32.0 Å². The molecule has 1 aliphatic heterocycles. The van der Waals surface area contributed by atoms with E-state index in [-0.39, 0.29) is 25.0 Å². The third-order valence-corrected chi connectivity index (χ3v) is 5.31. The molecular weight excluding hydrogens is 424 g/mol. The van der Waals surface area contributed by atoms with Crippen LogP contribution in [0.4, 0.5) is 11.4 Å². The van der Waals surface area contributed by atoms with Crippen molar-refractivity contribution in [1.29, 1.82) is 0 Å². The summed E-state index contributed by atoms with van der Waals surface area (Å²) in [5.74, 6) is -2.37. The summed E-state index contributed by atoms with van der Waals surface area (Å²) in [5, 5.41) is 2.76. The minimum absolute atomic E-state index is 0.00546. The molecule has 2 aromatic carbocycles. The zero-order valence-electron chi connectivity index (χ0n) is 19.2. The van der Waals surface area contributed by atoms with Crippen LogP contribution in [0.25, 0.3) is 0 Å². The van der Waals surface area contributed by atoms with Crippen molar-refractivity contribution in [1.82, 2.24) is 0 Å². The van der Waals surface area contributed by atoms with Gasteiger partial charge in [0.15, 0.2) is 6.61 Å². The number of hydrogen-bond acceptors (Lipinski definition) is 6. The number of anilines is 2. The van der Waals surface area contributed by atoms with Crippen LogP contribution in [0.5, 0.6) is 0 Å². The van der Waals surface area contributed by atoms with Gasteiger partial charge in [-0.1, -0.05) is 18.2 Å². The molecule has 0 radical (unpaired) electrons. The van der Waals surface area contributed by atoms with Crippen LogP contribution in [-0.4, -0.2) is 43.0 Å². The van der Waals surface area contributed by atoms with Gasteiger partial charge in [-0.2, -0.15) is 0 Å². The summed E-state index contributed by atoms with van der Waals surface area (Å²) in [7, 11) is 0. The fourth-order valence-corrected chi connectivity index (χ4v) is 3.62. The standard InChI is InChI=1S/C25H28N2O6/c1-15(2)33-25(31)18-8-10-20(11-9-18)27-13-19(12-22(27)29)24(30)32-14-21(28)26-23-16(3)6-5-7-17(23)4/h5-11,15,19H,12-14H2,1-4H3,(H,26,28)/t19-/m1/s1. The molecule has 1 atom stereocenters. The second-order valence-corrected chi connectivity index (χ2v) is 8.33. The Bertz CT molecular complexity index is 1040. The van der Waals surface area contributed by atoms with E-state index in [0.717, 1.165) is 11.1 Å². The van der Waals surface area contributed by atoms with Gasteiger partial charge in [-0.05, 0) is 63.1 Å². The second-order valence-electron chi connectivity index (χ2n) is 8.33. The van der Waals surface area contributed by atoms with Crippen LogP contribution in [0, 0.1) is 19.8 Å². The number of para-hydroxylation sites is 1. The summed E-state index contributed by atoms with van der Waals surface area (Å²) >= 11 is 0. The lowest BCUT2D eigenvalue weighted by Crippen LogP contribution is -2.28. The molecule has 0 bridgehead atoms. The number of rotatable bonds is 7. The Balaban J connectivity index is 1.54. The van der Waals surface area contributed by atoms with Crippen LogP contribution in [0.15, 0.2) is 42.5 Å². The molecule has 1 aliphatic rings. The average Bonchev–Trinajstić information content (AvgIpc) is 3.16. The Labute approximate surface area is 192 Å². The van der Waals surface area contributed by atoms with Crippen molar-refractivity contribution in [3.05, 3.63) is 59.2 Å². The zero-order valence-corrected chi connectivity index (χ0v) is 19.2. The predicted molar refractivity (Wildman–Crippen MR) is 123 cm³/mol. The lowest BCUT2D eigenvalue weighted by atomic mass is 10.1. The Morgan fingerprint density at radius 1 is 1.06 bits per heavy atom. The monoisotopic (exact) mass is 452 g/mol. The van der Waals surface area contributed by atoms with Crippen molar-refractivity contribution >= 4 is 35.1 Å². The highest BCUT2D eigenvalue weighted by atomic mass is 16.5. The summed E-state index contributed by atoms with van der Waals surface area (Å²) in [6, 6.07) is 12.1. The maximum absolute atomic E-state index is 12.5. The number of nitrogens with zero attached hydrogens (tertiary/aromatic N) is 1. The molecule has 8 nitrogen and oxygen atoms in total. The van der Waals surface area contributed by atoms with Crippen molar-refractivity contribution in [2.45, 2.75) is 40.2 Å². The molecule has 0 unspecified atom stereocenters. The van der Waals surface area contributed by atoms with Gasteiger partial charge in [0.25, 0.3) is 5.91 Å². The van der Waals surface area contributed by atoms with E-state index in [9.17, 15) is 19.2 Å². The third-order valence-electron chi connectivity index (χ3n) is 5.31. The van der Waals surface area contributed by atoms with E-state index < -0.39 is 30.4 Å². The molecule has 1 heterocycles. The smallest absolute Gasteiger partial charge is 0.338 e. The normalized spacial score (nSPS) is 15.5. The molecule has 0 saturated carbocycles. The highest BCUT2D eigenvalue weighted by molar-refractivity contribution is 6.00. The molecule has 174 valence electrons. The maximum Gasteiger partial charge on any atom is 0.338 e. The van der Waals surface area contributed by atoms with Gasteiger partial charge >= 0.3 is 11.9 Å². The number of aryl methyl sites for hydroxylation is 2. The lowest BCUT2D eigenvalue weighted by molar-refractivity contribution is -0.151. The summed E-state index contributed by atoms with van der Waals surface area (Å²) in [6.07, 6.45) is -0.235. The van der Waals surface area contributed by atoms with Gasteiger partial charge in [0.1, 0.15) is 0 Å². The highest BCUT2D eigenvalue weighted by Crippen LogP contribution is 2.26. The fraction of sp³-hybridized carbons (Fsp3) is 0.360. The molecule has 1 fully saturated rings. The van der Waals surface area contributed by atoms with Crippen molar-refractivity contribution < 1.29 is 28.7 Å². The Morgan fingerprint density at radius 3 is 2.30 bits per heavy atom. The van der Waals surface area contributed by atoms with E-state index >= 15 is 0 Å². The van der Waals surface area contributed by atoms with Crippen molar-refractivity contribution in [3.63, 3.8) is 0 Å².